The molecule has 1 amide bonds. The SMILES string of the molecule is CC(=O)O.Cc1ccn(NCc2ccc[nH]c2=O)c(=O)c1CC(=O)NCc1cc(Cl)ccc1CN. The molecule has 10 nitrogen and oxygen atoms in total. The maximum Gasteiger partial charge on any atom is 0.300 e. The largest absolute Gasteiger partial charge is 0.481 e. The molecular weight excluding hydrogens is 474 g/mol. The number of aliphatic carboxylic acids is 1. The first-order valence-corrected chi connectivity index (χ1v) is 11.0. The van der Waals surface area contributed by atoms with E-state index in [4.69, 9.17) is 27.2 Å². The van der Waals surface area contributed by atoms with Crippen molar-refractivity contribution in [2.24, 2.45) is 5.73 Å². The summed E-state index contributed by atoms with van der Waals surface area (Å²) in [6.45, 7) is 3.63. The van der Waals surface area contributed by atoms with E-state index < -0.39 is 5.97 Å². The molecule has 0 spiro atoms. The van der Waals surface area contributed by atoms with Gasteiger partial charge in [-0.15, -0.1) is 0 Å². The van der Waals surface area contributed by atoms with Crippen molar-refractivity contribution in [2.75, 3.05) is 5.43 Å². The molecule has 0 aliphatic rings. The number of aromatic amines is 1. The van der Waals surface area contributed by atoms with E-state index in [1.165, 1.54) is 4.68 Å². The van der Waals surface area contributed by atoms with E-state index in [9.17, 15) is 14.4 Å². The highest BCUT2D eigenvalue weighted by Gasteiger charge is 2.13. The van der Waals surface area contributed by atoms with Crippen molar-refractivity contribution in [3.05, 3.63) is 102 Å². The maximum atomic E-state index is 12.9. The van der Waals surface area contributed by atoms with Crippen LogP contribution in [0.25, 0.3) is 0 Å². The normalized spacial score (nSPS) is 10.2. The highest BCUT2D eigenvalue weighted by Crippen LogP contribution is 2.16. The summed E-state index contributed by atoms with van der Waals surface area (Å²) in [5, 5.41) is 10.8. The van der Waals surface area contributed by atoms with Crippen LogP contribution in [0.1, 0.15) is 34.7 Å². The van der Waals surface area contributed by atoms with Gasteiger partial charge in [0.15, 0.2) is 0 Å². The number of hydrogen-bond donors (Lipinski definition) is 5. The van der Waals surface area contributed by atoms with Crippen LogP contribution in [0.5, 0.6) is 0 Å². The van der Waals surface area contributed by atoms with Gasteiger partial charge >= 0.3 is 0 Å². The summed E-state index contributed by atoms with van der Waals surface area (Å²) in [7, 11) is 0. The van der Waals surface area contributed by atoms with Crippen LogP contribution in [-0.2, 0) is 35.6 Å². The Kier molecular flexibility index (Phi) is 10.2. The number of nitrogens with two attached hydrogens (primary N) is 1. The van der Waals surface area contributed by atoms with Crippen LogP contribution in [0, 0.1) is 6.92 Å². The summed E-state index contributed by atoms with van der Waals surface area (Å²) in [6, 6.07) is 10.5. The highest BCUT2D eigenvalue weighted by molar-refractivity contribution is 6.30. The number of rotatable bonds is 8. The standard InChI is InChI=1S/C22H24ClN5O3.C2H4O2/c1-14-6-8-28(27-13-16-3-2-7-25-21(16)30)22(31)19(14)10-20(29)26-12-17-9-18(23)5-4-15(17)11-24;1-2(3)4/h2-9,27H,10-13,24H2,1H3,(H,25,30)(H,26,29);1H3,(H,3,4). The first-order chi connectivity index (χ1) is 16.6. The van der Waals surface area contributed by atoms with E-state index in [2.05, 4.69) is 15.7 Å². The number of nitrogens with one attached hydrogen (secondary N) is 3. The molecule has 3 rings (SSSR count). The van der Waals surface area contributed by atoms with Crippen LogP contribution in [-0.4, -0.2) is 26.6 Å². The van der Waals surface area contributed by atoms with Crippen molar-refractivity contribution in [3.8, 4) is 0 Å². The Labute approximate surface area is 206 Å². The number of H-pyrrole nitrogens is 1. The lowest BCUT2D eigenvalue weighted by Gasteiger charge is -2.13. The second-order valence-electron chi connectivity index (χ2n) is 7.60. The van der Waals surface area contributed by atoms with Crippen LogP contribution in [0.2, 0.25) is 5.02 Å². The molecule has 0 saturated heterocycles. The number of pyridine rings is 2. The molecule has 0 bridgehead atoms. The fourth-order valence-electron chi connectivity index (χ4n) is 3.15. The Hall–Kier alpha value is -3.89. The number of aromatic nitrogens is 2. The van der Waals surface area contributed by atoms with E-state index in [1.54, 1.807) is 49.6 Å². The number of aryl methyl sites for hydroxylation is 1. The molecule has 1 aromatic carbocycles. The summed E-state index contributed by atoms with van der Waals surface area (Å²) in [5.74, 6) is -1.12. The monoisotopic (exact) mass is 501 g/mol. The van der Waals surface area contributed by atoms with Crippen molar-refractivity contribution >= 4 is 23.5 Å². The van der Waals surface area contributed by atoms with E-state index in [1.807, 2.05) is 6.07 Å². The zero-order valence-electron chi connectivity index (χ0n) is 19.4. The molecular formula is C24H28ClN5O5. The third-order valence-electron chi connectivity index (χ3n) is 4.97. The minimum atomic E-state index is -0.833. The molecule has 0 aliphatic carbocycles. The first-order valence-electron chi connectivity index (χ1n) is 10.7. The number of carbonyl (C=O) groups excluding carboxylic acids is 1. The smallest absolute Gasteiger partial charge is 0.300 e. The number of benzene rings is 1. The number of carboxylic acid groups (broad SMARTS) is 1. The van der Waals surface area contributed by atoms with Gasteiger partial charge in [-0.2, -0.15) is 0 Å². The van der Waals surface area contributed by atoms with Crippen molar-refractivity contribution in [1.82, 2.24) is 15.0 Å². The van der Waals surface area contributed by atoms with Crippen LogP contribution in [0.15, 0.2) is 58.4 Å². The quantitative estimate of drug-likeness (QED) is 0.313. The van der Waals surface area contributed by atoms with E-state index in [-0.39, 0.29) is 36.5 Å². The number of carbonyl (C=O) groups is 2. The molecule has 0 radical (unpaired) electrons. The molecule has 35 heavy (non-hydrogen) atoms. The van der Waals surface area contributed by atoms with Gasteiger partial charge in [-0.25, -0.2) is 4.68 Å². The Morgan fingerprint density at radius 1 is 1.11 bits per heavy atom. The lowest BCUT2D eigenvalue weighted by atomic mass is 10.1. The van der Waals surface area contributed by atoms with Crippen LogP contribution >= 0.6 is 11.6 Å². The lowest BCUT2D eigenvalue weighted by Crippen LogP contribution is -2.35. The fraction of sp³-hybridized carbons (Fsp3) is 0.250. The average Bonchev–Trinajstić information content (AvgIpc) is 2.80. The molecule has 6 N–H and O–H groups in total. The minimum absolute atomic E-state index is 0.0718. The van der Waals surface area contributed by atoms with Crippen LogP contribution in [0.4, 0.5) is 0 Å². The summed E-state index contributed by atoms with van der Waals surface area (Å²) < 4.78 is 1.28. The Bertz CT molecular complexity index is 1300. The van der Waals surface area contributed by atoms with E-state index >= 15 is 0 Å². The Balaban J connectivity index is 0.00000100. The van der Waals surface area contributed by atoms with Gasteiger partial charge in [-0.1, -0.05) is 23.7 Å². The zero-order chi connectivity index (χ0) is 26.0. The minimum Gasteiger partial charge on any atom is -0.481 e. The number of amides is 1. The Morgan fingerprint density at radius 2 is 1.83 bits per heavy atom. The molecule has 2 aromatic heterocycles. The van der Waals surface area contributed by atoms with Crippen LogP contribution in [0.3, 0.4) is 0 Å². The Morgan fingerprint density at radius 3 is 2.49 bits per heavy atom. The fourth-order valence-corrected chi connectivity index (χ4v) is 3.34. The molecule has 0 aliphatic heterocycles. The molecule has 0 saturated carbocycles. The molecule has 186 valence electrons. The topological polar surface area (TPSA) is 159 Å². The third kappa shape index (κ3) is 8.43. The summed E-state index contributed by atoms with van der Waals surface area (Å²) in [6.07, 6.45) is 3.05. The van der Waals surface area contributed by atoms with Crippen molar-refractivity contribution in [3.63, 3.8) is 0 Å². The van der Waals surface area contributed by atoms with Gasteiger partial charge in [0.2, 0.25) is 5.91 Å². The number of carboxylic acids is 1. The second-order valence-corrected chi connectivity index (χ2v) is 8.04. The average molecular weight is 502 g/mol. The summed E-state index contributed by atoms with van der Waals surface area (Å²) in [4.78, 5) is 48.8. The van der Waals surface area contributed by atoms with Gasteiger partial charge in [0.25, 0.3) is 17.1 Å². The molecule has 11 heteroatoms. The first kappa shape index (κ1) is 27.4. The highest BCUT2D eigenvalue weighted by atomic mass is 35.5. The number of halogens is 1. The third-order valence-corrected chi connectivity index (χ3v) is 5.20. The maximum absolute atomic E-state index is 12.9. The molecule has 0 unspecified atom stereocenters. The van der Waals surface area contributed by atoms with Crippen molar-refractivity contribution < 1.29 is 14.7 Å². The molecule has 3 aromatic rings. The number of hydrogen-bond acceptors (Lipinski definition) is 6. The van der Waals surface area contributed by atoms with Gasteiger partial charge < -0.3 is 26.6 Å². The van der Waals surface area contributed by atoms with Crippen molar-refractivity contribution in [1.29, 1.82) is 0 Å². The number of nitrogens with zero attached hydrogens (tertiary/aromatic N) is 1. The van der Waals surface area contributed by atoms with Gasteiger partial charge in [0, 0.05) is 48.6 Å². The summed E-state index contributed by atoms with van der Waals surface area (Å²) in [5.41, 5.74) is 11.4. The lowest BCUT2D eigenvalue weighted by molar-refractivity contribution is -0.134. The molecule has 0 atom stereocenters. The van der Waals surface area contributed by atoms with Crippen molar-refractivity contribution in [2.45, 2.75) is 39.9 Å². The second kappa shape index (κ2) is 13.1. The van der Waals surface area contributed by atoms with E-state index in [0.717, 1.165) is 18.1 Å². The predicted octanol–water partition coefficient (Wildman–Crippen LogP) is 1.65. The van der Waals surface area contributed by atoms with Crippen LogP contribution < -0.4 is 27.6 Å². The van der Waals surface area contributed by atoms with E-state index in [0.29, 0.717) is 28.3 Å². The zero-order valence-corrected chi connectivity index (χ0v) is 20.2. The predicted molar refractivity (Wildman–Crippen MR) is 134 cm³/mol. The van der Waals surface area contributed by atoms with Gasteiger partial charge in [-0.3, -0.25) is 19.2 Å². The summed E-state index contributed by atoms with van der Waals surface area (Å²) >= 11 is 6.04. The van der Waals surface area contributed by atoms with Gasteiger partial charge in [0.05, 0.1) is 13.0 Å². The van der Waals surface area contributed by atoms with Gasteiger partial charge in [0.1, 0.15) is 0 Å². The van der Waals surface area contributed by atoms with Gasteiger partial charge in [-0.05, 0) is 47.9 Å². The molecule has 0 fully saturated rings. The molecule has 2 heterocycles.